The van der Waals surface area contributed by atoms with Crippen LogP contribution in [0.25, 0.3) is 0 Å². The summed E-state index contributed by atoms with van der Waals surface area (Å²) in [5.74, 6) is 2.78. The molecule has 0 amide bonds. The van der Waals surface area contributed by atoms with Crippen molar-refractivity contribution in [3.05, 3.63) is 142 Å². The van der Waals surface area contributed by atoms with Crippen molar-refractivity contribution in [3.63, 3.8) is 0 Å². The van der Waals surface area contributed by atoms with Crippen LogP contribution in [0.5, 0.6) is 34.5 Å². The first-order valence-corrected chi connectivity index (χ1v) is 15.2. The first-order valence-electron chi connectivity index (χ1n) is 14.0. The second-order valence-corrected chi connectivity index (χ2v) is 11.3. The van der Waals surface area contributed by atoms with Crippen LogP contribution in [0.15, 0.2) is 127 Å². The van der Waals surface area contributed by atoms with E-state index in [1.165, 1.54) is 0 Å². The lowest BCUT2D eigenvalue weighted by Gasteiger charge is -2.30. The Morgan fingerprint density at radius 2 is 0.652 bits per heavy atom. The van der Waals surface area contributed by atoms with Crippen LogP contribution in [-0.2, 0) is 0 Å². The van der Waals surface area contributed by atoms with Crippen molar-refractivity contribution < 1.29 is 14.2 Å². The van der Waals surface area contributed by atoms with Crippen molar-refractivity contribution in [2.75, 3.05) is 22.1 Å². The van der Waals surface area contributed by atoms with Crippen LogP contribution in [0.2, 0.25) is 15.1 Å². The number of para-hydroxylation sites is 6. The van der Waals surface area contributed by atoms with Crippen LogP contribution in [0.4, 0.5) is 34.1 Å². The van der Waals surface area contributed by atoms with Gasteiger partial charge in [-0.05, 0) is 91.0 Å². The number of ether oxygens (including phenoxy) is 3. The molecule has 0 heterocycles. The predicted molar refractivity (Wildman–Crippen MR) is 189 cm³/mol. The molecule has 6 aromatic carbocycles. The summed E-state index contributed by atoms with van der Waals surface area (Å²) in [4.78, 5) is 1.96. The van der Waals surface area contributed by atoms with Gasteiger partial charge in [-0.3, -0.25) is 4.90 Å². The zero-order chi connectivity index (χ0) is 32.2. The summed E-state index contributed by atoms with van der Waals surface area (Å²) in [6.07, 6.45) is 0. The minimum Gasteiger partial charge on any atom is -0.454 e. The molecule has 6 aromatic rings. The van der Waals surface area contributed by atoms with Gasteiger partial charge in [0.05, 0.1) is 32.1 Å². The minimum atomic E-state index is 0.366. The molecule has 0 aliphatic rings. The van der Waals surface area contributed by atoms with Crippen LogP contribution in [0.3, 0.4) is 0 Å². The number of anilines is 6. The molecular weight excluding hydrogens is 643 g/mol. The van der Waals surface area contributed by atoms with Gasteiger partial charge in [-0.1, -0.05) is 71.2 Å². The van der Waals surface area contributed by atoms with E-state index < -0.39 is 0 Å². The highest BCUT2D eigenvalue weighted by molar-refractivity contribution is 6.33. The van der Waals surface area contributed by atoms with Crippen molar-refractivity contribution in [3.8, 4) is 34.5 Å². The maximum atomic E-state index is 6.53. The van der Waals surface area contributed by atoms with Gasteiger partial charge in [-0.2, -0.15) is 0 Å². The van der Waals surface area contributed by atoms with E-state index in [9.17, 15) is 0 Å². The van der Waals surface area contributed by atoms with E-state index >= 15 is 0 Å². The summed E-state index contributed by atoms with van der Waals surface area (Å²) in [6.45, 7) is 0. The third-order valence-corrected chi connectivity index (χ3v) is 7.73. The molecule has 0 radical (unpaired) electrons. The molecule has 0 aliphatic carbocycles. The highest BCUT2D eigenvalue weighted by Gasteiger charge is 2.25. The molecule has 0 bridgehead atoms. The molecule has 46 heavy (non-hydrogen) atoms. The predicted octanol–water partition coefficient (Wildman–Crippen LogP) is 11.2. The van der Waals surface area contributed by atoms with Gasteiger partial charge >= 0.3 is 0 Å². The van der Waals surface area contributed by atoms with E-state index in [1.54, 1.807) is 54.6 Å². The smallest absolute Gasteiger partial charge is 0.151 e. The summed E-state index contributed by atoms with van der Waals surface area (Å²) in [5.41, 5.74) is 21.3. The number of hydrogen-bond acceptors (Lipinski definition) is 7. The second-order valence-electron chi connectivity index (χ2n) is 10.1. The molecule has 6 rings (SSSR count). The molecule has 0 atom stereocenters. The summed E-state index contributed by atoms with van der Waals surface area (Å²) < 4.78 is 19.3. The van der Waals surface area contributed by atoms with Crippen molar-refractivity contribution in [1.82, 2.24) is 0 Å². The van der Waals surface area contributed by atoms with E-state index in [2.05, 4.69) is 0 Å². The number of rotatable bonds is 9. The van der Waals surface area contributed by atoms with Gasteiger partial charge in [0, 0.05) is 17.1 Å². The maximum Gasteiger partial charge on any atom is 0.151 e. The second kappa shape index (κ2) is 13.4. The maximum absolute atomic E-state index is 6.53. The summed E-state index contributed by atoms with van der Waals surface area (Å²) in [7, 11) is 0. The van der Waals surface area contributed by atoms with Gasteiger partial charge in [0.2, 0.25) is 0 Å². The van der Waals surface area contributed by atoms with Crippen molar-refractivity contribution in [2.24, 2.45) is 0 Å². The van der Waals surface area contributed by atoms with Gasteiger partial charge in [-0.25, -0.2) is 0 Å². The Hall–Kier alpha value is -5.21. The van der Waals surface area contributed by atoms with Crippen LogP contribution >= 0.6 is 34.8 Å². The first kappa shape index (κ1) is 30.8. The van der Waals surface area contributed by atoms with Gasteiger partial charge in [0.25, 0.3) is 0 Å². The summed E-state index contributed by atoms with van der Waals surface area (Å²) in [6, 6.07) is 37.8. The normalized spacial score (nSPS) is 10.8. The molecule has 0 spiro atoms. The fourth-order valence-corrected chi connectivity index (χ4v) is 5.41. The lowest BCUT2D eigenvalue weighted by atomic mass is 10.1. The molecule has 0 aromatic heterocycles. The van der Waals surface area contributed by atoms with Gasteiger partial charge in [0.15, 0.2) is 17.2 Å². The van der Waals surface area contributed by atoms with Crippen molar-refractivity contribution in [2.45, 2.75) is 0 Å². The van der Waals surface area contributed by atoms with Crippen molar-refractivity contribution in [1.29, 1.82) is 0 Å². The van der Waals surface area contributed by atoms with E-state index in [-0.39, 0.29) is 0 Å². The number of hydrogen-bond donors (Lipinski definition) is 3. The zero-order valence-electron chi connectivity index (χ0n) is 24.2. The number of nitrogens with zero attached hydrogens (tertiary/aromatic N) is 1. The third kappa shape index (κ3) is 6.72. The molecule has 0 fully saturated rings. The molecule has 0 aliphatic heterocycles. The molecule has 0 saturated heterocycles. The SMILES string of the molecule is Nc1ccc(Oc2ccccc2N(c2ccccc2Oc2ccc(N)cc2Cl)c2ccccc2Oc2ccc(N)cc2Cl)c(Cl)c1. The highest BCUT2D eigenvalue weighted by Crippen LogP contribution is 2.50. The zero-order valence-corrected chi connectivity index (χ0v) is 26.4. The number of nitrogen functional groups attached to an aromatic ring is 3. The molecule has 230 valence electrons. The largest absolute Gasteiger partial charge is 0.454 e. The Balaban J connectivity index is 1.53. The lowest BCUT2D eigenvalue weighted by Crippen LogP contribution is -2.13. The third-order valence-electron chi connectivity index (χ3n) is 6.85. The van der Waals surface area contributed by atoms with E-state index in [1.807, 2.05) is 77.7 Å². The monoisotopic (exact) mass is 668 g/mol. The first-order chi connectivity index (χ1) is 22.3. The van der Waals surface area contributed by atoms with Crippen molar-refractivity contribution >= 4 is 68.9 Å². The fraction of sp³-hybridized carbons (Fsp3) is 0. The lowest BCUT2D eigenvalue weighted by molar-refractivity contribution is 0.476. The Morgan fingerprint density at radius 3 is 0.935 bits per heavy atom. The van der Waals surface area contributed by atoms with E-state index in [4.69, 9.17) is 66.2 Å². The van der Waals surface area contributed by atoms with Crippen LogP contribution in [-0.4, -0.2) is 0 Å². The van der Waals surface area contributed by atoms with Crippen LogP contribution < -0.4 is 36.3 Å². The molecule has 7 nitrogen and oxygen atoms in total. The average molecular weight is 670 g/mol. The number of benzene rings is 6. The molecule has 6 N–H and O–H groups in total. The minimum absolute atomic E-state index is 0.366. The topological polar surface area (TPSA) is 109 Å². The quantitative estimate of drug-likeness (QED) is 0.131. The molecule has 0 unspecified atom stereocenters. The standard InChI is InChI=1S/C36H27Cl3N4O3/c37-25-19-22(40)13-16-31(25)44-34-10-4-1-7-28(34)43(29-8-2-5-11-35(29)45-32-17-14-23(41)20-26(32)38)30-9-3-6-12-36(30)46-33-18-15-24(42)21-27(33)39/h1-21H,40-42H2. The van der Waals surface area contributed by atoms with Crippen LogP contribution in [0.1, 0.15) is 0 Å². The Kier molecular flexibility index (Phi) is 8.99. The Bertz CT molecular complexity index is 1810. The molecule has 0 saturated carbocycles. The highest BCUT2D eigenvalue weighted by atomic mass is 35.5. The fourth-order valence-electron chi connectivity index (χ4n) is 4.73. The summed E-state index contributed by atoms with van der Waals surface area (Å²) in [5, 5.41) is 1.10. The Labute approximate surface area is 281 Å². The van der Waals surface area contributed by atoms with Gasteiger partial charge in [-0.15, -0.1) is 0 Å². The van der Waals surface area contributed by atoms with Crippen LogP contribution in [0, 0.1) is 0 Å². The number of halogens is 3. The van der Waals surface area contributed by atoms with E-state index in [0.29, 0.717) is 83.7 Å². The average Bonchev–Trinajstić information content (AvgIpc) is 3.03. The Morgan fingerprint density at radius 1 is 0.370 bits per heavy atom. The molecular formula is C36H27Cl3N4O3. The number of nitrogens with two attached hydrogens (primary N) is 3. The van der Waals surface area contributed by atoms with E-state index in [0.717, 1.165) is 0 Å². The summed E-state index contributed by atoms with van der Waals surface area (Å²) >= 11 is 19.6. The van der Waals surface area contributed by atoms with Gasteiger partial charge < -0.3 is 31.4 Å². The molecule has 10 heteroatoms. The van der Waals surface area contributed by atoms with Gasteiger partial charge in [0.1, 0.15) is 17.2 Å².